The van der Waals surface area contributed by atoms with Crippen LogP contribution in [0.2, 0.25) is 5.02 Å². The van der Waals surface area contributed by atoms with E-state index in [0.717, 1.165) is 5.56 Å². The Morgan fingerprint density at radius 1 is 0.903 bits per heavy atom. The molecule has 1 unspecified atom stereocenters. The molecule has 0 aromatic heterocycles. The number of sulfonamides is 1. The molecule has 0 bridgehead atoms. The first-order chi connectivity index (χ1) is 14.7. The smallest absolute Gasteiger partial charge is 0.253 e. The summed E-state index contributed by atoms with van der Waals surface area (Å²) in [6.07, 6.45) is -0.0445. The van der Waals surface area contributed by atoms with Crippen molar-refractivity contribution in [3.8, 4) is 0 Å². The first-order valence-electron chi connectivity index (χ1n) is 9.27. The van der Waals surface area contributed by atoms with Crippen LogP contribution in [0.15, 0.2) is 83.8 Å². The predicted molar refractivity (Wildman–Crippen MR) is 119 cm³/mol. The summed E-state index contributed by atoms with van der Waals surface area (Å²) in [5.74, 6) is -0.763. The third-order valence-electron chi connectivity index (χ3n) is 4.48. The SMILES string of the molecule is NS(=O)(=O)c1ccc(NC(=O)CC(NC(=O)c2ccccc2Cl)c2ccccc2)cc1. The number of rotatable bonds is 7. The molecule has 0 aliphatic carbocycles. The molecule has 0 heterocycles. The summed E-state index contributed by atoms with van der Waals surface area (Å²) in [5.41, 5.74) is 1.47. The molecule has 0 fully saturated rings. The minimum absolute atomic E-state index is 0.0445. The molecular formula is C22H20ClN3O4S. The minimum Gasteiger partial charge on any atom is -0.345 e. The van der Waals surface area contributed by atoms with Crippen LogP contribution in [0.1, 0.15) is 28.4 Å². The lowest BCUT2D eigenvalue weighted by molar-refractivity contribution is -0.116. The maximum Gasteiger partial charge on any atom is 0.253 e. The number of hydrogen-bond acceptors (Lipinski definition) is 4. The molecule has 160 valence electrons. The second kappa shape index (κ2) is 9.74. The van der Waals surface area contributed by atoms with Gasteiger partial charge in [0.1, 0.15) is 0 Å². The number of primary sulfonamides is 1. The average Bonchev–Trinajstić information content (AvgIpc) is 2.74. The third-order valence-corrected chi connectivity index (χ3v) is 5.74. The zero-order valence-corrected chi connectivity index (χ0v) is 17.9. The lowest BCUT2D eigenvalue weighted by Crippen LogP contribution is -2.31. The predicted octanol–water partition coefficient (Wildman–Crippen LogP) is 3.49. The van der Waals surface area contributed by atoms with Gasteiger partial charge in [-0.1, -0.05) is 54.1 Å². The standard InChI is InChI=1S/C22H20ClN3O4S/c23-19-9-5-4-8-18(19)22(28)26-20(15-6-2-1-3-7-15)14-21(27)25-16-10-12-17(13-11-16)31(24,29)30/h1-13,20H,14H2,(H,25,27)(H,26,28)(H2,24,29,30). The molecular weight excluding hydrogens is 438 g/mol. The van der Waals surface area contributed by atoms with Crippen LogP contribution >= 0.6 is 11.6 Å². The second-order valence-electron chi connectivity index (χ2n) is 6.74. The largest absolute Gasteiger partial charge is 0.345 e. The van der Waals surface area contributed by atoms with Crippen molar-refractivity contribution in [1.29, 1.82) is 0 Å². The minimum atomic E-state index is -3.82. The van der Waals surface area contributed by atoms with E-state index in [1.54, 1.807) is 24.3 Å². The van der Waals surface area contributed by atoms with Crippen molar-refractivity contribution in [3.63, 3.8) is 0 Å². The fourth-order valence-electron chi connectivity index (χ4n) is 2.94. The molecule has 0 saturated heterocycles. The fourth-order valence-corrected chi connectivity index (χ4v) is 3.68. The Morgan fingerprint density at radius 2 is 1.52 bits per heavy atom. The zero-order valence-electron chi connectivity index (χ0n) is 16.3. The van der Waals surface area contributed by atoms with Crippen molar-refractivity contribution in [2.75, 3.05) is 5.32 Å². The summed E-state index contributed by atoms with van der Waals surface area (Å²) in [6, 6.07) is 20.6. The van der Waals surface area contributed by atoms with Crippen molar-refractivity contribution >= 4 is 39.1 Å². The average molecular weight is 458 g/mol. The molecule has 3 aromatic rings. The number of anilines is 1. The molecule has 0 saturated carbocycles. The lowest BCUT2D eigenvalue weighted by atomic mass is 10.0. The van der Waals surface area contributed by atoms with Gasteiger partial charge in [0, 0.05) is 5.69 Å². The number of hydrogen-bond donors (Lipinski definition) is 3. The van der Waals surface area contributed by atoms with Crippen LogP contribution in [0.3, 0.4) is 0 Å². The second-order valence-corrected chi connectivity index (χ2v) is 8.71. The van der Waals surface area contributed by atoms with Gasteiger partial charge >= 0.3 is 0 Å². The first kappa shape index (κ1) is 22.5. The Labute approximate surface area is 185 Å². The van der Waals surface area contributed by atoms with Gasteiger partial charge in [-0.3, -0.25) is 9.59 Å². The molecule has 0 radical (unpaired) electrons. The van der Waals surface area contributed by atoms with Gasteiger partial charge in [0.2, 0.25) is 15.9 Å². The highest BCUT2D eigenvalue weighted by Gasteiger charge is 2.20. The number of amides is 2. The van der Waals surface area contributed by atoms with Crippen molar-refractivity contribution < 1.29 is 18.0 Å². The van der Waals surface area contributed by atoms with E-state index in [9.17, 15) is 18.0 Å². The molecule has 31 heavy (non-hydrogen) atoms. The van der Waals surface area contributed by atoms with Gasteiger partial charge in [-0.05, 0) is 42.0 Å². The number of benzene rings is 3. The van der Waals surface area contributed by atoms with Gasteiger partial charge in [0.15, 0.2) is 0 Å². The summed E-state index contributed by atoms with van der Waals surface area (Å²) < 4.78 is 22.7. The molecule has 9 heteroatoms. The van der Waals surface area contributed by atoms with E-state index in [4.69, 9.17) is 16.7 Å². The van der Waals surface area contributed by atoms with Gasteiger partial charge in [0.25, 0.3) is 5.91 Å². The van der Waals surface area contributed by atoms with Crippen LogP contribution in [0.4, 0.5) is 5.69 Å². The van der Waals surface area contributed by atoms with Gasteiger partial charge in [0.05, 0.1) is 27.9 Å². The van der Waals surface area contributed by atoms with Crippen molar-refractivity contribution in [2.45, 2.75) is 17.4 Å². The highest BCUT2D eigenvalue weighted by molar-refractivity contribution is 7.89. The summed E-state index contributed by atoms with van der Waals surface area (Å²) in [7, 11) is -3.82. The first-order valence-corrected chi connectivity index (χ1v) is 11.2. The Kier molecular flexibility index (Phi) is 7.06. The number of nitrogens with one attached hydrogen (secondary N) is 2. The van der Waals surface area contributed by atoms with E-state index in [1.165, 1.54) is 24.3 Å². The Morgan fingerprint density at radius 3 is 2.13 bits per heavy atom. The summed E-state index contributed by atoms with van der Waals surface area (Å²) in [6.45, 7) is 0. The topological polar surface area (TPSA) is 118 Å². The highest BCUT2D eigenvalue weighted by Crippen LogP contribution is 2.21. The van der Waals surface area contributed by atoms with Gasteiger partial charge in [-0.25, -0.2) is 13.6 Å². The van der Waals surface area contributed by atoms with Gasteiger partial charge in [-0.15, -0.1) is 0 Å². The Hall–Kier alpha value is -3.20. The molecule has 3 aromatic carbocycles. The summed E-state index contributed by atoms with van der Waals surface area (Å²) in [5, 5.41) is 10.9. The molecule has 7 nitrogen and oxygen atoms in total. The molecule has 3 rings (SSSR count). The monoisotopic (exact) mass is 457 g/mol. The van der Waals surface area contributed by atoms with Crippen LogP contribution < -0.4 is 15.8 Å². The van der Waals surface area contributed by atoms with E-state index < -0.39 is 22.0 Å². The molecule has 1 atom stereocenters. The van der Waals surface area contributed by atoms with E-state index in [1.807, 2.05) is 30.3 Å². The van der Waals surface area contributed by atoms with Crippen molar-refractivity contribution in [1.82, 2.24) is 5.32 Å². The van der Waals surface area contributed by atoms with Crippen LogP contribution in [0.25, 0.3) is 0 Å². The third kappa shape index (κ3) is 6.14. The Balaban J connectivity index is 1.75. The maximum absolute atomic E-state index is 12.7. The summed E-state index contributed by atoms with van der Waals surface area (Å²) in [4.78, 5) is 25.3. The normalized spacial score (nSPS) is 12.1. The number of carbonyl (C=O) groups excluding carboxylic acids is 2. The maximum atomic E-state index is 12.7. The van der Waals surface area contributed by atoms with Crippen molar-refractivity contribution in [3.05, 3.63) is 95.0 Å². The molecule has 4 N–H and O–H groups in total. The molecule has 2 amide bonds. The Bertz CT molecular complexity index is 1180. The van der Waals surface area contributed by atoms with Crippen LogP contribution in [-0.4, -0.2) is 20.2 Å². The quantitative estimate of drug-likeness (QED) is 0.503. The fraction of sp³-hybridized carbons (Fsp3) is 0.0909. The molecule has 0 aliphatic rings. The number of nitrogens with two attached hydrogens (primary N) is 1. The number of halogens is 1. The zero-order chi connectivity index (χ0) is 22.4. The van der Waals surface area contributed by atoms with Crippen LogP contribution in [0, 0.1) is 0 Å². The summed E-state index contributed by atoms with van der Waals surface area (Å²) >= 11 is 6.11. The number of carbonyl (C=O) groups is 2. The highest BCUT2D eigenvalue weighted by atomic mass is 35.5. The molecule has 0 spiro atoms. The van der Waals surface area contributed by atoms with E-state index >= 15 is 0 Å². The van der Waals surface area contributed by atoms with Gasteiger partial charge in [-0.2, -0.15) is 0 Å². The van der Waals surface area contributed by atoms with E-state index in [-0.39, 0.29) is 17.2 Å². The molecule has 0 aliphatic heterocycles. The van der Waals surface area contributed by atoms with E-state index in [0.29, 0.717) is 16.3 Å². The van der Waals surface area contributed by atoms with Crippen molar-refractivity contribution in [2.24, 2.45) is 5.14 Å². The van der Waals surface area contributed by atoms with E-state index in [2.05, 4.69) is 10.6 Å². The van der Waals surface area contributed by atoms with Crippen LogP contribution in [0.5, 0.6) is 0 Å². The lowest BCUT2D eigenvalue weighted by Gasteiger charge is -2.19. The van der Waals surface area contributed by atoms with Crippen LogP contribution in [-0.2, 0) is 14.8 Å². The van der Waals surface area contributed by atoms with Gasteiger partial charge < -0.3 is 10.6 Å².